The Morgan fingerprint density at radius 3 is 2.18 bits per heavy atom. The molecule has 0 aliphatic heterocycles. The fourth-order valence-electron chi connectivity index (χ4n) is 1.45. The van der Waals surface area contributed by atoms with E-state index in [0.29, 0.717) is 0 Å². The van der Waals surface area contributed by atoms with Gasteiger partial charge in [-0.05, 0) is 24.3 Å². The molecule has 8 nitrogen and oxygen atoms in total. The number of aliphatic hydroxyl groups is 2. The second kappa shape index (κ2) is 7.91. The lowest BCUT2D eigenvalue weighted by Gasteiger charge is -2.07. The zero-order valence-corrected chi connectivity index (χ0v) is 11.6. The molecule has 22 heavy (non-hydrogen) atoms. The highest BCUT2D eigenvalue weighted by atomic mass is 16.5. The van der Waals surface area contributed by atoms with Crippen molar-refractivity contribution in [1.29, 1.82) is 0 Å². The molecular formula is C14H15NO7. The van der Waals surface area contributed by atoms with E-state index in [9.17, 15) is 9.59 Å². The standard InChI is InChI=1S/C10H9NO.C4H6O6/c1-12-9-4-5-10-8(7-9)3-2-6-11-10;5-1(3(7)8)2(6)4(9)10/h2-7H,1H3;1-2,5-6H,(H,7,8)(H,9,10). The Hall–Kier alpha value is -2.71. The van der Waals surface area contributed by atoms with E-state index in [1.807, 2.05) is 30.3 Å². The van der Waals surface area contributed by atoms with Crippen LogP contribution in [0.2, 0.25) is 0 Å². The van der Waals surface area contributed by atoms with E-state index in [4.69, 9.17) is 25.2 Å². The number of aliphatic carboxylic acids is 2. The molecular weight excluding hydrogens is 294 g/mol. The van der Waals surface area contributed by atoms with Crippen molar-refractivity contribution < 1.29 is 34.8 Å². The minimum absolute atomic E-state index is 0.871. The van der Waals surface area contributed by atoms with Crippen molar-refractivity contribution in [3.63, 3.8) is 0 Å². The lowest BCUT2D eigenvalue weighted by atomic mass is 10.2. The molecule has 0 aliphatic carbocycles. The summed E-state index contributed by atoms with van der Waals surface area (Å²) in [5, 5.41) is 33.6. The van der Waals surface area contributed by atoms with E-state index in [2.05, 4.69) is 4.98 Å². The van der Waals surface area contributed by atoms with E-state index in [-0.39, 0.29) is 0 Å². The summed E-state index contributed by atoms with van der Waals surface area (Å²) in [5.41, 5.74) is 0.998. The number of nitrogens with zero attached hydrogens (tertiary/aromatic N) is 1. The van der Waals surface area contributed by atoms with Crippen LogP contribution in [0.1, 0.15) is 0 Å². The summed E-state index contributed by atoms with van der Waals surface area (Å²) >= 11 is 0. The molecule has 2 atom stereocenters. The molecule has 1 aromatic carbocycles. The molecule has 0 spiro atoms. The number of rotatable bonds is 4. The molecule has 8 heteroatoms. The first kappa shape index (κ1) is 17.3. The van der Waals surface area contributed by atoms with Gasteiger partial charge >= 0.3 is 11.9 Å². The van der Waals surface area contributed by atoms with Gasteiger partial charge in [0.15, 0.2) is 12.2 Å². The Kier molecular flexibility index (Phi) is 6.24. The van der Waals surface area contributed by atoms with Gasteiger partial charge in [-0.15, -0.1) is 0 Å². The molecule has 0 aliphatic rings. The van der Waals surface area contributed by atoms with Crippen molar-refractivity contribution in [3.05, 3.63) is 36.5 Å². The molecule has 0 fully saturated rings. The number of hydrogen-bond donors (Lipinski definition) is 4. The normalized spacial score (nSPS) is 12.7. The number of pyridine rings is 1. The first-order valence-corrected chi connectivity index (χ1v) is 6.07. The topological polar surface area (TPSA) is 137 Å². The molecule has 0 saturated heterocycles. The molecule has 0 radical (unpaired) electrons. The van der Waals surface area contributed by atoms with Crippen LogP contribution < -0.4 is 4.74 Å². The Morgan fingerprint density at radius 1 is 1.09 bits per heavy atom. The zero-order valence-electron chi connectivity index (χ0n) is 11.6. The first-order valence-electron chi connectivity index (χ1n) is 6.07. The summed E-state index contributed by atoms with van der Waals surface area (Å²) in [4.78, 5) is 23.7. The predicted octanol–water partition coefficient (Wildman–Crippen LogP) is 0.121. The number of fused-ring (bicyclic) bond motifs is 1. The Balaban J connectivity index is 0.000000225. The molecule has 1 heterocycles. The van der Waals surface area contributed by atoms with Gasteiger partial charge in [0.05, 0.1) is 12.6 Å². The van der Waals surface area contributed by atoms with Crippen molar-refractivity contribution in [2.45, 2.75) is 12.2 Å². The predicted molar refractivity (Wildman–Crippen MR) is 75.6 cm³/mol. The van der Waals surface area contributed by atoms with E-state index in [1.165, 1.54) is 0 Å². The highest BCUT2D eigenvalue weighted by Crippen LogP contribution is 2.17. The average molecular weight is 309 g/mol. The van der Waals surface area contributed by atoms with Gasteiger partial charge in [-0.3, -0.25) is 4.98 Å². The third kappa shape index (κ3) is 4.69. The van der Waals surface area contributed by atoms with Crippen molar-refractivity contribution in [2.24, 2.45) is 0 Å². The number of carboxylic acid groups (broad SMARTS) is 2. The van der Waals surface area contributed by atoms with Crippen LogP contribution in [0.4, 0.5) is 0 Å². The quantitative estimate of drug-likeness (QED) is 0.625. The zero-order chi connectivity index (χ0) is 16.7. The molecule has 0 bridgehead atoms. The molecule has 2 unspecified atom stereocenters. The summed E-state index contributed by atoms with van der Waals surface area (Å²) < 4.78 is 5.09. The lowest BCUT2D eigenvalue weighted by Crippen LogP contribution is -2.39. The second-order valence-electron chi connectivity index (χ2n) is 4.13. The van der Waals surface area contributed by atoms with Crippen molar-refractivity contribution in [3.8, 4) is 5.75 Å². The average Bonchev–Trinajstić information content (AvgIpc) is 2.53. The van der Waals surface area contributed by atoms with Gasteiger partial charge in [-0.2, -0.15) is 0 Å². The monoisotopic (exact) mass is 309 g/mol. The summed E-state index contributed by atoms with van der Waals surface area (Å²) in [6, 6.07) is 9.78. The minimum Gasteiger partial charge on any atom is -0.497 e. The van der Waals surface area contributed by atoms with Gasteiger partial charge in [-0.1, -0.05) is 6.07 Å². The summed E-state index contributed by atoms with van der Waals surface area (Å²) in [5.74, 6) is -2.67. The van der Waals surface area contributed by atoms with Crippen molar-refractivity contribution in [2.75, 3.05) is 7.11 Å². The SMILES string of the molecule is COc1ccc2ncccc2c1.O=C(O)C(O)C(O)C(=O)O. The Morgan fingerprint density at radius 2 is 1.68 bits per heavy atom. The second-order valence-corrected chi connectivity index (χ2v) is 4.13. The smallest absolute Gasteiger partial charge is 0.335 e. The minimum atomic E-state index is -2.27. The van der Waals surface area contributed by atoms with Gasteiger partial charge in [0.25, 0.3) is 0 Å². The third-order valence-corrected chi connectivity index (χ3v) is 2.62. The molecule has 0 amide bonds. The van der Waals surface area contributed by atoms with Crippen LogP contribution in [0.3, 0.4) is 0 Å². The van der Waals surface area contributed by atoms with Crippen LogP contribution in [0.25, 0.3) is 10.9 Å². The summed E-state index contributed by atoms with van der Waals surface area (Å²) in [6.45, 7) is 0. The highest BCUT2D eigenvalue weighted by Gasteiger charge is 2.29. The largest absolute Gasteiger partial charge is 0.497 e. The van der Waals surface area contributed by atoms with Crippen LogP contribution >= 0.6 is 0 Å². The fraction of sp³-hybridized carbons (Fsp3) is 0.214. The maximum Gasteiger partial charge on any atom is 0.335 e. The molecule has 2 aromatic rings. The van der Waals surface area contributed by atoms with Gasteiger partial charge in [-0.25, -0.2) is 9.59 Å². The van der Waals surface area contributed by atoms with Gasteiger partial charge in [0.1, 0.15) is 5.75 Å². The van der Waals surface area contributed by atoms with Crippen molar-refractivity contribution >= 4 is 22.8 Å². The summed E-state index contributed by atoms with van der Waals surface area (Å²) in [7, 11) is 1.66. The Labute approximate surface area is 125 Å². The molecule has 4 N–H and O–H groups in total. The first-order chi connectivity index (χ1) is 10.4. The van der Waals surface area contributed by atoms with E-state index in [1.54, 1.807) is 13.3 Å². The molecule has 118 valence electrons. The number of benzene rings is 1. The van der Waals surface area contributed by atoms with Crippen LogP contribution in [0.5, 0.6) is 5.75 Å². The van der Waals surface area contributed by atoms with Crippen molar-refractivity contribution in [1.82, 2.24) is 4.98 Å². The van der Waals surface area contributed by atoms with E-state index < -0.39 is 24.1 Å². The van der Waals surface area contributed by atoms with Gasteiger partial charge in [0.2, 0.25) is 0 Å². The summed E-state index contributed by atoms with van der Waals surface area (Å²) in [6.07, 6.45) is -2.75. The number of carboxylic acids is 2. The van der Waals surface area contributed by atoms with E-state index >= 15 is 0 Å². The maximum absolute atomic E-state index is 9.77. The van der Waals surface area contributed by atoms with Gasteiger partial charge in [0, 0.05) is 11.6 Å². The number of hydrogen-bond acceptors (Lipinski definition) is 6. The van der Waals surface area contributed by atoms with Crippen LogP contribution in [-0.4, -0.2) is 56.7 Å². The fourth-order valence-corrected chi connectivity index (χ4v) is 1.45. The maximum atomic E-state index is 9.77. The Bertz CT molecular complexity index is 640. The number of aliphatic hydroxyl groups excluding tert-OH is 2. The van der Waals surface area contributed by atoms with Crippen LogP contribution in [0.15, 0.2) is 36.5 Å². The number of aromatic nitrogens is 1. The van der Waals surface area contributed by atoms with Gasteiger partial charge < -0.3 is 25.2 Å². The van der Waals surface area contributed by atoms with Crippen LogP contribution in [-0.2, 0) is 9.59 Å². The lowest BCUT2D eigenvalue weighted by molar-refractivity contribution is -0.165. The number of methoxy groups -OCH3 is 1. The molecule has 0 saturated carbocycles. The van der Waals surface area contributed by atoms with Crippen LogP contribution in [0, 0.1) is 0 Å². The molecule has 1 aromatic heterocycles. The highest BCUT2D eigenvalue weighted by molar-refractivity contribution is 5.83. The van der Waals surface area contributed by atoms with E-state index in [0.717, 1.165) is 16.7 Å². The number of ether oxygens (including phenoxy) is 1. The molecule has 2 rings (SSSR count). The third-order valence-electron chi connectivity index (χ3n) is 2.62. The number of carbonyl (C=O) groups is 2.